The van der Waals surface area contributed by atoms with Crippen molar-refractivity contribution >= 4 is 23.2 Å². The number of aryl methyl sites for hydroxylation is 2. The number of aliphatic hydroxyl groups is 1. The molecule has 1 fully saturated rings. The average molecular weight is 620 g/mol. The summed E-state index contributed by atoms with van der Waals surface area (Å²) in [5, 5.41) is 12.8. The molecule has 1 aliphatic heterocycles. The molecule has 1 amide bonds. The lowest BCUT2D eigenvalue weighted by molar-refractivity contribution is -0.0256. The van der Waals surface area contributed by atoms with E-state index in [9.17, 15) is 19.5 Å². The first-order valence-corrected chi connectivity index (χ1v) is 14.5. The summed E-state index contributed by atoms with van der Waals surface area (Å²) in [6.45, 7) is 2.89. The van der Waals surface area contributed by atoms with Crippen molar-refractivity contribution in [2.75, 3.05) is 25.5 Å². The molecule has 228 valence electrons. The zero-order valence-corrected chi connectivity index (χ0v) is 25.4. The van der Waals surface area contributed by atoms with E-state index in [2.05, 4.69) is 10.2 Å². The molecule has 12 heteroatoms. The van der Waals surface area contributed by atoms with Gasteiger partial charge in [-0.3, -0.25) is 19.1 Å². The number of carbonyl (C=O) groups excluding carboxylic acids is 1. The molecule has 0 saturated carbocycles. The van der Waals surface area contributed by atoms with E-state index in [1.807, 2.05) is 12.1 Å². The van der Waals surface area contributed by atoms with Gasteiger partial charge in [0.2, 0.25) is 5.88 Å². The number of amides is 1. The number of fused-ring (bicyclic) bond motifs is 1. The van der Waals surface area contributed by atoms with Crippen molar-refractivity contribution in [3.8, 4) is 28.3 Å². The van der Waals surface area contributed by atoms with Crippen molar-refractivity contribution in [1.82, 2.24) is 19.0 Å². The second-order valence-corrected chi connectivity index (χ2v) is 11.6. The van der Waals surface area contributed by atoms with Crippen LogP contribution < -0.4 is 21.3 Å². The van der Waals surface area contributed by atoms with Gasteiger partial charge in [-0.05, 0) is 49.1 Å². The number of rotatable bonds is 6. The van der Waals surface area contributed by atoms with Crippen LogP contribution in [0.1, 0.15) is 39.5 Å². The second kappa shape index (κ2) is 11.3. The number of anilines is 1. The van der Waals surface area contributed by atoms with Crippen LogP contribution in [0, 0.1) is 12.7 Å². The van der Waals surface area contributed by atoms with Crippen LogP contribution in [0.2, 0.25) is 5.02 Å². The van der Waals surface area contributed by atoms with Gasteiger partial charge in [0.05, 0.1) is 23.9 Å². The number of hydrogen-bond acceptors (Lipinski definition) is 7. The maximum absolute atomic E-state index is 15.5. The van der Waals surface area contributed by atoms with Gasteiger partial charge < -0.3 is 19.7 Å². The van der Waals surface area contributed by atoms with Gasteiger partial charge in [-0.25, -0.2) is 14.2 Å². The first-order chi connectivity index (χ1) is 21.0. The highest BCUT2D eigenvalue weighted by molar-refractivity contribution is 6.36. The van der Waals surface area contributed by atoms with Crippen LogP contribution in [-0.2, 0) is 20.5 Å². The lowest BCUT2D eigenvalue weighted by atomic mass is 9.95. The highest BCUT2D eigenvalue weighted by Gasteiger charge is 2.38. The van der Waals surface area contributed by atoms with Crippen molar-refractivity contribution in [2.45, 2.75) is 31.9 Å². The summed E-state index contributed by atoms with van der Waals surface area (Å²) in [6, 6.07) is 10.0. The number of methoxy groups -OCH3 is 1. The Morgan fingerprint density at radius 2 is 1.89 bits per heavy atom. The molecular weight excluding hydrogens is 589 g/mol. The molecule has 2 N–H and O–H groups in total. The predicted octanol–water partition coefficient (Wildman–Crippen LogP) is 3.84. The predicted molar refractivity (Wildman–Crippen MR) is 165 cm³/mol. The van der Waals surface area contributed by atoms with Gasteiger partial charge in [0.15, 0.2) is 0 Å². The number of aromatic nitrogens is 3. The summed E-state index contributed by atoms with van der Waals surface area (Å²) in [5.74, 6) is -0.779. The molecule has 2 aliphatic rings. The van der Waals surface area contributed by atoms with E-state index in [4.69, 9.17) is 21.3 Å². The van der Waals surface area contributed by atoms with Crippen LogP contribution in [-0.4, -0.2) is 56.3 Å². The van der Waals surface area contributed by atoms with Crippen LogP contribution in [0.25, 0.3) is 22.4 Å². The molecule has 3 heterocycles. The maximum Gasteiger partial charge on any atom is 0.330 e. The van der Waals surface area contributed by atoms with E-state index in [1.54, 1.807) is 26.2 Å². The normalized spacial score (nSPS) is 16.5. The topological polar surface area (TPSA) is 119 Å². The number of ether oxygens (including phenoxy) is 1. The van der Waals surface area contributed by atoms with Crippen molar-refractivity contribution in [1.29, 1.82) is 0 Å². The van der Waals surface area contributed by atoms with Crippen LogP contribution in [0.5, 0.6) is 5.88 Å². The Labute approximate surface area is 257 Å². The summed E-state index contributed by atoms with van der Waals surface area (Å²) in [5.41, 5.74) is 3.03. The van der Waals surface area contributed by atoms with E-state index in [-0.39, 0.29) is 34.0 Å². The first-order valence-electron chi connectivity index (χ1n) is 14.2. The van der Waals surface area contributed by atoms with Crippen molar-refractivity contribution in [3.05, 3.63) is 96.5 Å². The zero-order valence-electron chi connectivity index (χ0n) is 24.6. The zero-order chi connectivity index (χ0) is 31.4. The second-order valence-electron chi connectivity index (χ2n) is 11.3. The maximum atomic E-state index is 15.5. The quantitative estimate of drug-likeness (QED) is 0.337. The van der Waals surface area contributed by atoms with Crippen LogP contribution in [0.15, 0.2) is 52.2 Å². The Hall–Kier alpha value is -4.32. The van der Waals surface area contributed by atoms with E-state index < -0.39 is 23.0 Å². The number of carbonyl (C=O) groups is 1. The number of likely N-dealkylation sites (tertiary alicyclic amines) is 1. The molecular formula is C32H31ClFN5O5. The lowest BCUT2D eigenvalue weighted by Gasteiger charge is -2.40. The first kappa shape index (κ1) is 29.7. The molecule has 0 radical (unpaired) electrons. The Morgan fingerprint density at radius 3 is 2.59 bits per heavy atom. The van der Waals surface area contributed by atoms with Gasteiger partial charge in [-0.2, -0.15) is 0 Å². The number of nitrogens with zero attached hydrogens (tertiary/aromatic N) is 4. The fourth-order valence-corrected chi connectivity index (χ4v) is 6.52. The highest BCUT2D eigenvalue weighted by Crippen LogP contribution is 2.46. The molecule has 2 aromatic heterocycles. The van der Waals surface area contributed by atoms with Crippen molar-refractivity contribution in [2.24, 2.45) is 14.1 Å². The SMILES string of the molecule is COc1nc(-c2cccc(-c3c(F)ccc(NC(=O)c4cn(C)c(=O)n(C)c4=O)c3C)c2Cl)cc2c1[C@@H](N1CC(O)C1)CC2. The van der Waals surface area contributed by atoms with Crippen molar-refractivity contribution in [3.63, 3.8) is 0 Å². The molecule has 2 aromatic carbocycles. The molecule has 1 aliphatic carbocycles. The summed E-state index contributed by atoms with van der Waals surface area (Å²) in [6.07, 6.45) is 2.58. The minimum Gasteiger partial charge on any atom is -0.481 e. The van der Waals surface area contributed by atoms with Gasteiger partial charge in [-0.15, -0.1) is 0 Å². The molecule has 0 unspecified atom stereocenters. The number of benzene rings is 2. The summed E-state index contributed by atoms with van der Waals surface area (Å²) >= 11 is 6.97. The van der Waals surface area contributed by atoms with Gasteiger partial charge in [-0.1, -0.05) is 29.8 Å². The average Bonchev–Trinajstić information content (AvgIpc) is 3.41. The largest absolute Gasteiger partial charge is 0.481 e. The molecule has 0 bridgehead atoms. The van der Waals surface area contributed by atoms with Gasteiger partial charge in [0, 0.05) is 67.4 Å². The van der Waals surface area contributed by atoms with E-state index in [1.165, 1.54) is 32.4 Å². The number of hydrogen-bond donors (Lipinski definition) is 2. The number of aliphatic hydroxyl groups excluding tert-OH is 1. The fraction of sp³-hybridized carbons (Fsp3) is 0.312. The molecule has 0 spiro atoms. The fourth-order valence-electron chi connectivity index (χ4n) is 6.20. The Balaban J connectivity index is 1.37. The van der Waals surface area contributed by atoms with Crippen LogP contribution in [0.4, 0.5) is 10.1 Å². The highest BCUT2D eigenvalue weighted by atomic mass is 35.5. The van der Waals surface area contributed by atoms with Crippen LogP contribution in [0.3, 0.4) is 0 Å². The molecule has 10 nitrogen and oxygen atoms in total. The van der Waals surface area contributed by atoms with E-state index in [0.29, 0.717) is 41.4 Å². The minimum atomic E-state index is -0.743. The smallest absolute Gasteiger partial charge is 0.330 e. The summed E-state index contributed by atoms with van der Waals surface area (Å²) < 4.78 is 23.2. The molecule has 4 aromatic rings. The monoisotopic (exact) mass is 619 g/mol. The summed E-state index contributed by atoms with van der Waals surface area (Å²) in [4.78, 5) is 44.8. The van der Waals surface area contributed by atoms with Crippen molar-refractivity contribution < 1.29 is 19.0 Å². The molecule has 1 saturated heterocycles. The van der Waals surface area contributed by atoms with Crippen LogP contribution >= 0.6 is 11.6 Å². The number of pyridine rings is 1. The number of nitrogens with one attached hydrogen (secondary N) is 1. The lowest BCUT2D eigenvalue weighted by Crippen LogP contribution is -2.51. The summed E-state index contributed by atoms with van der Waals surface area (Å²) in [7, 11) is 4.31. The number of halogens is 2. The van der Waals surface area contributed by atoms with Gasteiger partial charge in [0.1, 0.15) is 11.4 Å². The van der Waals surface area contributed by atoms with Gasteiger partial charge >= 0.3 is 5.69 Å². The third-order valence-electron chi connectivity index (χ3n) is 8.55. The third-order valence-corrected chi connectivity index (χ3v) is 8.96. The van der Waals surface area contributed by atoms with E-state index >= 15 is 4.39 Å². The number of β-amino-alcohol motifs (C(OH)–C–C–N with tert-alkyl or cyclic N) is 1. The third kappa shape index (κ3) is 4.90. The van der Waals surface area contributed by atoms with Gasteiger partial charge in [0.25, 0.3) is 11.5 Å². The Kier molecular flexibility index (Phi) is 7.64. The van der Waals surface area contributed by atoms with E-state index in [0.717, 1.165) is 33.1 Å². The molecule has 1 atom stereocenters. The molecule has 44 heavy (non-hydrogen) atoms. The Bertz CT molecular complexity index is 1950. The minimum absolute atomic E-state index is 0.127. The Morgan fingerprint density at radius 1 is 1.16 bits per heavy atom. The standard InChI is InChI=1S/C32H31ClFN5O5/c1-16-23(35-29(41)21-15-37(2)32(43)38(3)31(21)42)10-9-22(34)26(16)20-7-5-6-19(28(20)33)24-12-17-8-11-25(39-13-18(40)14-39)27(17)30(36-24)44-4/h5-7,9-10,12,15,18,25,40H,8,11,13-14H2,1-4H3,(H,35,41)/t25-/m0/s1. The molecule has 6 rings (SSSR count).